The SMILES string of the molecule is CCC(=O)c1cccc(Br)c1.CCCc1cccc(Br)c1. The van der Waals surface area contributed by atoms with Crippen molar-refractivity contribution in [2.75, 3.05) is 0 Å². The van der Waals surface area contributed by atoms with Gasteiger partial charge in [-0.15, -0.1) is 0 Å². The molecule has 0 atom stereocenters. The summed E-state index contributed by atoms with van der Waals surface area (Å²) in [5.41, 5.74) is 2.19. The van der Waals surface area contributed by atoms with Crippen molar-refractivity contribution in [3.05, 3.63) is 68.6 Å². The molecule has 2 rings (SSSR count). The number of benzene rings is 2. The molecule has 0 spiro atoms. The van der Waals surface area contributed by atoms with Gasteiger partial charge in [0.1, 0.15) is 0 Å². The molecule has 0 saturated heterocycles. The van der Waals surface area contributed by atoms with Crippen molar-refractivity contribution < 1.29 is 4.79 Å². The van der Waals surface area contributed by atoms with Crippen LogP contribution in [0.1, 0.15) is 42.6 Å². The first-order valence-corrected chi connectivity index (χ1v) is 8.68. The van der Waals surface area contributed by atoms with E-state index < -0.39 is 0 Å². The summed E-state index contributed by atoms with van der Waals surface area (Å²) in [5, 5.41) is 0. The zero-order valence-corrected chi connectivity index (χ0v) is 15.6. The molecule has 2 aromatic rings. The maximum Gasteiger partial charge on any atom is 0.162 e. The Hall–Kier alpha value is -0.930. The molecule has 21 heavy (non-hydrogen) atoms. The van der Waals surface area contributed by atoms with Crippen molar-refractivity contribution in [3.8, 4) is 0 Å². The fourth-order valence-electron chi connectivity index (χ4n) is 1.85. The Bertz CT molecular complexity index is 579. The quantitative estimate of drug-likeness (QED) is 0.528. The average molecular weight is 412 g/mol. The third-order valence-electron chi connectivity index (χ3n) is 2.90. The van der Waals surface area contributed by atoms with Crippen LogP contribution >= 0.6 is 31.9 Å². The second kappa shape index (κ2) is 9.91. The second-order valence-electron chi connectivity index (χ2n) is 4.67. The lowest BCUT2D eigenvalue weighted by molar-refractivity contribution is 0.0988. The molecular weight excluding hydrogens is 392 g/mol. The topological polar surface area (TPSA) is 17.1 Å². The Balaban J connectivity index is 0.000000211. The predicted molar refractivity (Wildman–Crippen MR) is 96.9 cm³/mol. The van der Waals surface area contributed by atoms with E-state index in [0.29, 0.717) is 6.42 Å². The van der Waals surface area contributed by atoms with Gasteiger partial charge in [-0.2, -0.15) is 0 Å². The fourth-order valence-corrected chi connectivity index (χ4v) is 2.69. The zero-order valence-electron chi connectivity index (χ0n) is 12.4. The van der Waals surface area contributed by atoms with E-state index in [9.17, 15) is 4.79 Å². The summed E-state index contributed by atoms with van der Waals surface area (Å²) in [6.07, 6.45) is 2.96. The van der Waals surface area contributed by atoms with Crippen LogP contribution in [0.15, 0.2) is 57.5 Å². The van der Waals surface area contributed by atoms with Crippen molar-refractivity contribution in [3.63, 3.8) is 0 Å². The van der Waals surface area contributed by atoms with Crippen LogP contribution < -0.4 is 0 Å². The highest BCUT2D eigenvalue weighted by molar-refractivity contribution is 9.10. The van der Waals surface area contributed by atoms with Gasteiger partial charge in [0.25, 0.3) is 0 Å². The summed E-state index contributed by atoms with van der Waals surface area (Å²) >= 11 is 6.74. The van der Waals surface area contributed by atoms with Gasteiger partial charge in [-0.1, -0.05) is 76.4 Å². The van der Waals surface area contributed by atoms with Gasteiger partial charge in [-0.25, -0.2) is 0 Å². The molecule has 112 valence electrons. The Kier molecular flexibility index (Phi) is 8.55. The van der Waals surface area contributed by atoms with Crippen LogP contribution in [0.25, 0.3) is 0 Å². The lowest BCUT2D eigenvalue weighted by atomic mass is 10.1. The van der Waals surface area contributed by atoms with E-state index in [4.69, 9.17) is 0 Å². The molecule has 0 aromatic heterocycles. The molecule has 2 aromatic carbocycles. The number of carbonyl (C=O) groups is 1. The third-order valence-corrected chi connectivity index (χ3v) is 3.88. The minimum atomic E-state index is 0.186. The lowest BCUT2D eigenvalue weighted by Crippen LogP contribution is -1.94. The van der Waals surface area contributed by atoms with Crippen molar-refractivity contribution >= 4 is 37.6 Å². The minimum Gasteiger partial charge on any atom is -0.294 e. The molecule has 0 amide bonds. The molecule has 0 aliphatic carbocycles. The Morgan fingerprint density at radius 3 is 2.10 bits per heavy atom. The van der Waals surface area contributed by atoms with Crippen LogP contribution in [0.3, 0.4) is 0 Å². The highest BCUT2D eigenvalue weighted by atomic mass is 79.9. The van der Waals surface area contributed by atoms with E-state index in [1.807, 2.05) is 31.2 Å². The van der Waals surface area contributed by atoms with Crippen molar-refractivity contribution in [1.82, 2.24) is 0 Å². The van der Waals surface area contributed by atoms with E-state index in [1.165, 1.54) is 22.9 Å². The van der Waals surface area contributed by atoms with Gasteiger partial charge in [0.05, 0.1) is 0 Å². The third kappa shape index (κ3) is 7.05. The van der Waals surface area contributed by atoms with Crippen LogP contribution in [0, 0.1) is 0 Å². The molecular formula is C18H20Br2O. The molecule has 0 aliphatic heterocycles. The monoisotopic (exact) mass is 410 g/mol. The van der Waals surface area contributed by atoms with Gasteiger partial charge in [0.15, 0.2) is 5.78 Å². The first kappa shape index (κ1) is 18.1. The van der Waals surface area contributed by atoms with E-state index >= 15 is 0 Å². The van der Waals surface area contributed by atoms with E-state index in [0.717, 1.165) is 10.0 Å². The number of Topliss-reactive ketones (excluding diaryl/α,β-unsaturated/α-hetero) is 1. The van der Waals surface area contributed by atoms with Crippen LogP contribution in [0.2, 0.25) is 0 Å². The van der Waals surface area contributed by atoms with Crippen LogP contribution in [0.4, 0.5) is 0 Å². The molecule has 0 heterocycles. The van der Waals surface area contributed by atoms with Crippen molar-refractivity contribution in [1.29, 1.82) is 0 Å². The van der Waals surface area contributed by atoms with Crippen LogP contribution in [0.5, 0.6) is 0 Å². The Morgan fingerprint density at radius 1 is 0.952 bits per heavy atom. The van der Waals surface area contributed by atoms with Gasteiger partial charge in [0.2, 0.25) is 0 Å². The molecule has 0 radical (unpaired) electrons. The average Bonchev–Trinajstić information content (AvgIpc) is 2.47. The molecule has 0 fully saturated rings. The minimum absolute atomic E-state index is 0.186. The Labute approximate surface area is 144 Å². The summed E-state index contributed by atoms with van der Waals surface area (Å²) in [7, 11) is 0. The first-order valence-electron chi connectivity index (χ1n) is 7.10. The van der Waals surface area contributed by atoms with Crippen molar-refractivity contribution in [2.24, 2.45) is 0 Å². The number of carbonyl (C=O) groups excluding carboxylic acids is 1. The number of ketones is 1. The van der Waals surface area contributed by atoms with Crippen LogP contribution in [-0.4, -0.2) is 5.78 Å². The van der Waals surface area contributed by atoms with Crippen molar-refractivity contribution in [2.45, 2.75) is 33.1 Å². The predicted octanol–water partition coefficient (Wildman–Crippen LogP) is 6.44. The first-order chi connectivity index (χ1) is 10.1. The molecule has 3 heteroatoms. The second-order valence-corrected chi connectivity index (χ2v) is 6.50. The Morgan fingerprint density at radius 2 is 1.57 bits per heavy atom. The smallest absolute Gasteiger partial charge is 0.162 e. The summed E-state index contributed by atoms with van der Waals surface area (Å²) < 4.78 is 2.13. The molecule has 0 saturated carbocycles. The highest BCUT2D eigenvalue weighted by Gasteiger charge is 2.01. The largest absolute Gasteiger partial charge is 0.294 e. The van der Waals surface area contributed by atoms with Crippen LogP contribution in [-0.2, 0) is 6.42 Å². The molecule has 0 unspecified atom stereocenters. The van der Waals surface area contributed by atoms with Gasteiger partial charge in [-0.3, -0.25) is 4.79 Å². The molecule has 0 bridgehead atoms. The van der Waals surface area contributed by atoms with E-state index in [-0.39, 0.29) is 5.78 Å². The number of aryl methyl sites for hydroxylation is 1. The number of hydrogen-bond acceptors (Lipinski definition) is 1. The summed E-state index contributed by atoms with van der Waals surface area (Å²) in [4.78, 5) is 11.1. The zero-order chi connectivity index (χ0) is 15.7. The number of hydrogen-bond donors (Lipinski definition) is 0. The van der Waals surface area contributed by atoms with Gasteiger partial charge in [-0.05, 0) is 36.2 Å². The van der Waals surface area contributed by atoms with E-state index in [2.05, 4.69) is 63.0 Å². The summed E-state index contributed by atoms with van der Waals surface area (Å²) in [6, 6.07) is 15.9. The van der Waals surface area contributed by atoms with Gasteiger partial charge in [0, 0.05) is 20.9 Å². The van der Waals surface area contributed by atoms with Gasteiger partial charge < -0.3 is 0 Å². The van der Waals surface area contributed by atoms with Gasteiger partial charge >= 0.3 is 0 Å². The standard InChI is InChI=1S/C9H9BrO.C9H11Br/c1-2-9(11)7-4-3-5-8(10)6-7;1-2-4-8-5-3-6-9(10)7-8/h3-6H,2H2,1H3;3,5-7H,2,4H2,1H3. The number of rotatable bonds is 4. The maximum absolute atomic E-state index is 11.1. The highest BCUT2D eigenvalue weighted by Crippen LogP contribution is 2.13. The summed E-state index contributed by atoms with van der Waals surface area (Å²) in [5.74, 6) is 0.186. The fraction of sp³-hybridized carbons (Fsp3) is 0.278. The number of halogens is 2. The lowest BCUT2D eigenvalue weighted by Gasteiger charge is -1.96. The maximum atomic E-state index is 11.1. The molecule has 0 aliphatic rings. The normalized spacial score (nSPS) is 9.71. The van der Waals surface area contributed by atoms with E-state index in [1.54, 1.807) is 0 Å². The molecule has 1 nitrogen and oxygen atoms in total. The summed E-state index contributed by atoms with van der Waals surface area (Å²) in [6.45, 7) is 4.06. The molecule has 0 N–H and O–H groups in total.